The van der Waals surface area contributed by atoms with Gasteiger partial charge >= 0.3 is 5.97 Å². The fourth-order valence-electron chi connectivity index (χ4n) is 1.32. The number of H-pyrrole nitrogens is 1. The number of aromatic carboxylic acids is 1. The van der Waals surface area contributed by atoms with E-state index in [9.17, 15) is 4.79 Å². The maximum absolute atomic E-state index is 10.6. The van der Waals surface area contributed by atoms with E-state index >= 15 is 0 Å². The summed E-state index contributed by atoms with van der Waals surface area (Å²) < 4.78 is 0. The first-order chi connectivity index (χ1) is 7.70. The van der Waals surface area contributed by atoms with E-state index in [4.69, 9.17) is 11.5 Å². The predicted molar refractivity (Wildman–Crippen MR) is 58.9 cm³/mol. The van der Waals surface area contributed by atoms with Crippen LogP contribution in [0.25, 0.3) is 11.3 Å². The highest BCUT2D eigenvalue weighted by Crippen LogP contribution is 2.17. The smallest absolute Gasteiger partial charge is 0.353 e. The van der Waals surface area contributed by atoms with E-state index in [0.29, 0.717) is 5.69 Å². The molecule has 1 heterocycles. The van der Waals surface area contributed by atoms with E-state index in [2.05, 4.69) is 16.1 Å². The standard InChI is InChI=1S/C12H8N2O2/c1-2-8-3-5-9(6-4-8)10-7-11(12(15)16)14-13-10/h1,3-7H,(H,13,14)(H,15,16). The van der Waals surface area contributed by atoms with Gasteiger partial charge in [-0.3, -0.25) is 5.10 Å². The minimum atomic E-state index is -1.03. The second-order valence-corrected chi connectivity index (χ2v) is 3.19. The van der Waals surface area contributed by atoms with Gasteiger partial charge in [0.2, 0.25) is 0 Å². The van der Waals surface area contributed by atoms with Crippen LogP contribution in [0.1, 0.15) is 16.1 Å². The van der Waals surface area contributed by atoms with E-state index < -0.39 is 5.97 Å². The van der Waals surface area contributed by atoms with Gasteiger partial charge in [0.15, 0.2) is 0 Å². The Morgan fingerprint density at radius 1 is 1.38 bits per heavy atom. The van der Waals surface area contributed by atoms with Crippen LogP contribution in [0, 0.1) is 12.3 Å². The summed E-state index contributed by atoms with van der Waals surface area (Å²) in [5.41, 5.74) is 2.25. The number of hydrogen-bond acceptors (Lipinski definition) is 2. The third kappa shape index (κ3) is 1.79. The van der Waals surface area contributed by atoms with Crippen molar-refractivity contribution in [1.82, 2.24) is 10.2 Å². The number of carboxylic acids is 1. The molecule has 0 unspecified atom stereocenters. The molecule has 2 aromatic rings. The van der Waals surface area contributed by atoms with E-state index in [1.54, 1.807) is 24.3 Å². The highest BCUT2D eigenvalue weighted by atomic mass is 16.4. The zero-order valence-corrected chi connectivity index (χ0v) is 8.27. The van der Waals surface area contributed by atoms with Crippen LogP contribution in [0.4, 0.5) is 0 Å². The molecule has 4 nitrogen and oxygen atoms in total. The van der Waals surface area contributed by atoms with Crippen molar-refractivity contribution in [3.05, 3.63) is 41.6 Å². The molecule has 78 valence electrons. The minimum Gasteiger partial charge on any atom is -0.477 e. The van der Waals surface area contributed by atoms with Crippen LogP contribution in [-0.2, 0) is 0 Å². The molecule has 0 saturated carbocycles. The molecule has 0 aliphatic rings. The number of nitrogens with zero attached hydrogens (tertiary/aromatic N) is 1. The van der Waals surface area contributed by atoms with Crippen molar-refractivity contribution in [3.63, 3.8) is 0 Å². The maximum Gasteiger partial charge on any atom is 0.353 e. The van der Waals surface area contributed by atoms with Gasteiger partial charge in [-0.15, -0.1) is 6.42 Å². The Kier molecular flexibility index (Phi) is 2.44. The zero-order chi connectivity index (χ0) is 11.5. The Hall–Kier alpha value is -2.54. The summed E-state index contributed by atoms with van der Waals surface area (Å²) in [5.74, 6) is 1.48. The fourth-order valence-corrected chi connectivity index (χ4v) is 1.32. The minimum absolute atomic E-state index is 0.0658. The molecule has 0 spiro atoms. The topological polar surface area (TPSA) is 66.0 Å². The molecule has 0 atom stereocenters. The Morgan fingerprint density at radius 3 is 2.56 bits per heavy atom. The molecule has 2 N–H and O–H groups in total. The van der Waals surface area contributed by atoms with Gasteiger partial charge in [0, 0.05) is 11.1 Å². The van der Waals surface area contributed by atoms with E-state index in [0.717, 1.165) is 11.1 Å². The summed E-state index contributed by atoms with van der Waals surface area (Å²) in [6, 6.07) is 8.65. The number of carbonyl (C=O) groups is 1. The first-order valence-corrected chi connectivity index (χ1v) is 4.56. The number of rotatable bonds is 2. The van der Waals surface area contributed by atoms with Crippen molar-refractivity contribution in [2.75, 3.05) is 0 Å². The van der Waals surface area contributed by atoms with Gasteiger partial charge in [0.25, 0.3) is 0 Å². The summed E-state index contributed by atoms with van der Waals surface area (Å²) in [5, 5.41) is 15.1. The average molecular weight is 212 g/mol. The van der Waals surface area contributed by atoms with E-state index in [1.165, 1.54) is 6.07 Å². The van der Waals surface area contributed by atoms with Crippen LogP contribution in [0.2, 0.25) is 0 Å². The molecular formula is C12H8N2O2. The number of carboxylic acid groups (broad SMARTS) is 1. The van der Waals surface area contributed by atoms with Gasteiger partial charge < -0.3 is 5.11 Å². The van der Waals surface area contributed by atoms with Gasteiger partial charge in [-0.2, -0.15) is 5.10 Å². The Morgan fingerprint density at radius 2 is 2.06 bits per heavy atom. The van der Waals surface area contributed by atoms with Crippen molar-refractivity contribution in [1.29, 1.82) is 0 Å². The summed E-state index contributed by atoms with van der Waals surface area (Å²) in [6.07, 6.45) is 5.23. The van der Waals surface area contributed by atoms with Gasteiger partial charge in [-0.1, -0.05) is 18.1 Å². The van der Waals surface area contributed by atoms with Crippen molar-refractivity contribution in [3.8, 4) is 23.6 Å². The summed E-state index contributed by atoms with van der Waals surface area (Å²) in [6.45, 7) is 0. The molecule has 0 aliphatic heterocycles. The molecule has 2 rings (SSSR count). The molecule has 0 bridgehead atoms. The molecule has 1 aromatic heterocycles. The Labute approximate surface area is 91.9 Å². The quantitative estimate of drug-likeness (QED) is 0.745. The van der Waals surface area contributed by atoms with Crippen molar-refractivity contribution >= 4 is 5.97 Å². The molecule has 0 amide bonds. The molecule has 0 aliphatic carbocycles. The number of benzene rings is 1. The van der Waals surface area contributed by atoms with Gasteiger partial charge in [0.05, 0.1) is 5.69 Å². The summed E-state index contributed by atoms with van der Waals surface area (Å²) in [7, 11) is 0. The number of nitrogens with one attached hydrogen (secondary N) is 1. The number of terminal acetylenes is 1. The van der Waals surface area contributed by atoms with Gasteiger partial charge in [-0.25, -0.2) is 4.79 Å². The van der Waals surface area contributed by atoms with Gasteiger partial charge in [0.1, 0.15) is 5.69 Å². The molecule has 0 fully saturated rings. The van der Waals surface area contributed by atoms with Crippen LogP contribution in [0.5, 0.6) is 0 Å². The third-order valence-electron chi connectivity index (χ3n) is 2.16. The lowest BCUT2D eigenvalue weighted by Crippen LogP contribution is -1.95. The Bertz CT molecular complexity index is 561. The van der Waals surface area contributed by atoms with E-state index in [1.807, 2.05) is 0 Å². The van der Waals surface area contributed by atoms with Crippen LogP contribution in [-0.4, -0.2) is 21.3 Å². The zero-order valence-electron chi connectivity index (χ0n) is 8.27. The van der Waals surface area contributed by atoms with Crippen LogP contribution >= 0.6 is 0 Å². The molecular weight excluding hydrogens is 204 g/mol. The van der Waals surface area contributed by atoms with Crippen LogP contribution in [0.15, 0.2) is 30.3 Å². The lowest BCUT2D eigenvalue weighted by molar-refractivity contribution is 0.0690. The normalized spacial score (nSPS) is 9.69. The SMILES string of the molecule is C#Cc1ccc(-c2cc(C(=O)O)[nH]n2)cc1. The second kappa shape index (κ2) is 3.91. The monoisotopic (exact) mass is 212 g/mol. The number of aromatic amines is 1. The highest BCUT2D eigenvalue weighted by Gasteiger charge is 2.08. The largest absolute Gasteiger partial charge is 0.477 e. The van der Waals surface area contributed by atoms with Crippen molar-refractivity contribution in [2.45, 2.75) is 0 Å². The first kappa shape index (κ1) is 9.99. The van der Waals surface area contributed by atoms with Crippen LogP contribution in [0.3, 0.4) is 0 Å². The number of aromatic nitrogens is 2. The lowest BCUT2D eigenvalue weighted by Gasteiger charge is -1.95. The molecule has 4 heteroatoms. The summed E-state index contributed by atoms with van der Waals surface area (Å²) >= 11 is 0. The predicted octanol–water partition coefficient (Wildman–Crippen LogP) is 1.76. The molecule has 0 radical (unpaired) electrons. The molecule has 1 aromatic carbocycles. The maximum atomic E-state index is 10.6. The van der Waals surface area contributed by atoms with Crippen LogP contribution < -0.4 is 0 Å². The summed E-state index contributed by atoms with van der Waals surface area (Å²) in [4.78, 5) is 10.6. The first-order valence-electron chi connectivity index (χ1n) is 4.56. The fraction of sp³-hybridized carbons (Fsp3) is 0. The van der Waals surface area contributed by atoms with Gasteiger partial charge in [-0.05, 0) is 18.2 Å². The van der Waals surface area contributed by atoms with E-state index in [-0.39, 0.29) is 5.69 Å². The Balaban J connectivity index is 2.36. The molecule has 0 saturated heterocycles. The highest BCUT2D eigenvalue weighted by molar-refractivity contribution is 5.86. The average Bonchev–Trinajstić information content (AvgIpc) is 2.78. The van der Waals surface area contributed by atoms with Crippen molar-refractivity contribution in [2.24, 2.45) is 0 Å². The van der Waals surface area contributed by atoms with Crippen molar-refractivity contribution < 1.29 is 9.90 Å². The molecule has 16 heavy (non-hydrogen) atoms. The lowest BCUT2D eigenvalue weighted by atomic mass is 10.1. The number of hydrogen-bond donors (Lipinski definition) is 2. The second-order valence-electron chi connectivity index (χ2n) is 3.19. The third-order valence-corrected chi connectivity index (χ3v) is 2.16.